The smallest absolute Gasteiger partial charge is 0.123 e. The molecular weight excluding hydrogens is 233 g/mol. The average Bonchev–Trinajstić information content (AvgIpc) is 2.33. The van der Waals surface area contributed by atoms with Gasteiger partial charge in [0.15, 0.2) is 0 Å². The lowest BCUT2D eigenvalue weighted by Gasteiger charge is -2.18. The Morgan fingerprint density at radius 2 is 2.12 bits per heavy atom. The van der Waals surface area contributed by atoms with Crippen molar-refractivity contribution in [2.24, 2.45) is 0 Å². The van der Waals surface area contributed by atoms with Crippen molar-refractivity contribution >= 4 is 11.8 Å². The lowest BCUT2D eigenvalue weighted by Crippen LogP contribution is -2.24. The highest BCUT2D eigenvalue weighted by Crippen LogP contribution is 2.19. The molecule has 0 spiro atoms. The van der Waals surface area contributed by atoms with Crippen LogP contribution in [-0.4, -0.2) is 18.1 Å². The topological polar surface area (TPSA) is 12.0 Å². The fourth-order valence-corrected chi connectivity index (χ4v) is 2.66. The van der Waals surface area contributed by atoms with Crippen LogP contribution in [0.3, 0.4) is 0 Å². The molecule has 3 heteroatoms. The maximum absolute atomic E-state index is 13.2. The molecule has 0 fully saturated rings. The van der Waals surface area contributed by atoms with Gasteiger partial charge in [0.2, 0.25) is 0 Å². The Morgan fingerprint density at radius 3 is 2.76 bits per heavy atom. The third kappa shape index (κ3) is 5.55. The number of rotatable bonds is 8. The van der Waals surface area contributed by atoms with Gasteiger partial charge in [-0.2, -0.15) is 11.8 Å². The SMILES string of the molecule is CCCNC(CSCCC)c1cccc(F)c1. The highest BCUT2D eigenvalue weighted by Gasteiger charge is 2.10. The standard InChI is InChI=1S/C14H22FNS/c1-3-8-16-14(11-17-9-4-2)12-6-5-7-13(15)10-12/h5-7,10,14,16H,3-4,8-9,11H2,1-2H3. The predicted octanol–water partition coefficient (Wildman–Crippen LogP) is 4.01. The Hall–Kier alpha value is -0.540. The Labute approximate surface area is 108 Å². The lowest BCUT2D eigenvalue weighted by atomic mass is 10.1. The summed E-state index contributed by atoms with van der Waals surface area (Å²) in [6, 6.07) is 7.19. The van der Waals surface area contributed by atoms with Gasteiger partial charge in [-0.1, -0.05) is 26.0 Å². The van der Waals surface area contributed by atoms with Gasteiger partial charge < -0.3 is 5.32 Å². The first kappa shape index (κ1) is 14.5. The molecule has 0 aliphatic heterocycles. The van der Waals surface area contributed by atoms with Crippen molar-refractivity contribution in [2.45, 2.75) is 32.7 Å². The Morgan fingerprint density at radius 1 is 1.29 bits per heavy atom. The van der Waals surface area contributed by atoms with E-state index in [9.17, 15) is 4.39 Å². The quantitative estimate of drug-likeness (QED) is 0.704. The van der Waals surface area contributed by atoms with Crippen molar-refractivity contribution in [1.82, 2.24) is 5.32 Å². The lowest BCUT2D eigenvalue weighted by molar-refractivity contribution is 0.568. The summed E-state index contributed by atoms with van der Waals surface area (Å²) in [6.45, 7) is 5.31. The molecule has 0 aliphatic rings. The van der Waals surface area contributed by atoms with E-state index in [1.165, 1.54) is 18.2 Å². The molecule has 0 heterocycles. The van der Waals surface area contributed by atoms with Crippen LogP contribution in [0.5, 0.6) is 0 Å². The van der Waals surface area contributed by atoms with Crippen molar-refractivity contribution in [3.63, 3.8) is 0 Å². The van der Waals surface area contributed by atoms with Gasteiger partial charge >= 0.3 is 0 Å². The van der Waals surface area contributed by atoms with Crippen molar-refractivity contribution in [3.8, 4) is 0 Å². The number of benzene rings is 1. The molecule has 0 saturated carbocycles. The van der Waals surface area contributed by atoms with Crippen LogP contribution in [0.25, 0.3) is 0 Å². The molecule has 1 nitrogen and oxygen atoms in total. The van der Waals surface area contributed by atoms with Gasteiger partial charge in [0.05, 0.1) is 0 Å². The minimum Gasteiger partial charge on any atom is -0.309 e. The van der Waals surface area contributed by atoms with E-state index in [0.717, 1.165) is 24.3 Å². The highest BCUT2D eigenvalue weighted by molar-refractivity contribution is 7.99. The highest BCUT2D eigenvalue weighted by atomic mass is 32.2. The summed E-state index contributed by atoms with van der Waals surface area (Å²) in [4.78, 5) is 0. The van der Waals surface area contributed by atoms with Gasteiger partial charge in [-0.15, -0.1) is 0 Å². The first-order valence-corrected chi connectivity index (χ1v) is 7.50. The second-order valence-corrected chi connectivity index (χ2v) is 5.29. The number of thioether (sulfide) groups is 1. The minimum atomic E-state index is -0.147. The molecular formula is C14H22FNS. The Bertz CT molecular complexity index is 317. The van der Waals surface area contributed by atoms with E-state index in [2.05, 4.69) is 19.2 Å². The summed E-state index contributed by atoms with van der Waals surface area (Å²) in [5.74, 6) is 2.03. The van der Waals surface area contributed by atoms with E-state index in [0.29, 0.717) is 0 Å². The van der Waals surface area contributed by atoms with Crippen LogP contribution in [0, 0.1) is 5.82 Å². The molecule has 96 valence electrons. The van der Waals surface area contributed by atoms with Gasteiger partial charge in [0.25, 0.3) is 0 Å². The zero-order chi connectivity index (χ0) is 12.5. The fraction of sp³-hybridized carbons (Fsp3) is 0.571. The maximum Gasteiger partial charge on any atom is 0.123 e. The molecule has 0 aliphatic carbocycles. The average molecular weight is 255 g/mol. The van der Waals surface area contributed by atoms with Crippen LogP contribution < -0.4 is 5.32 Å². The monoisotopic (exact) mass is 255 g/mol. The first-order chi connectivity index (χ1) is 8.27. The summed E-state index contributed by atoms with van der Waals surface area (Å²) in [5.41, 5.74) is 1.06. The molecule has 1 aromatic rings. The van der Waals surface area contributed by atoms with Crippen LogP contribution in [0.4, 0.5) is 4.39 Å². The van der Waals surface area contributed by atoms with Crippen LogP contribution in [0.2, 0.25) is 0 Å². The molecule has 0 aromatic heterocycles. The van der Waals surface area contributed by atoms with Crippen molar-refractivity contribution < 1.29 is 4.39 Å². The molecule has 0 radical (unpaired) electrons. The third-order valence-corrected chi connectivity index (χ3v) is 3.79. The molecule has 1 N–H and O–H groups in total. The predicted molar refractivity (Wildman–Crippen MR) is 75.1 cm³/mol. The third-order valence-electron chi connectivity index (χ3n) is 2.52. The fourth-order valence-electron chi connectivity index (χ4n) is 1.66. The van der Waals surface area contributed by atoms with E-state index in [4.69, 9.17) is 0 Å². The summed E-state index contributed by atoms with van der Waals surface area (Å²) >= 11 is 1.93. The summed E-state index contributed by atoms with van der Waals surface area (Å²) in [7, 11) is 0. The summed E-state index contributed by atoms with van der Waals surface area (Å²) in [6.07, 6.45) is 2.29. The molecule has 1 atom stereocenters. The molecule has 0 saturated heterocycles. The second-order valence-electron chi connectivity index (χ2n) is 4.14. The van der Waals surface area contributed by atoms with Gasteiger partial charge in [0.1, 0.15) is 5.82 Å². The van der Waals surface area contributed by atoms with E-state index in [-0.39, 0.29) is 11.9 Å². The van der Waals surface area contributed by atoms with Gasteiger partial charge in [-0.05, 0) is 42.8 Å². The number of halogens is 1. The molecule has 0 amide bonds. The molecule has 1 rings (SSSR count). The number of hydrogen-bond donors (Lipinski definition) is 1. The number of nitrogens with one attached hydrogen (secondary N) is 1. The van der Waals surface area contributed by atoms with E-state index in [1.807, 2.05) is 17.8 Å². The van der Waals surface area contributed by atoms with E-state index >= 15 is 0 Å². The Kier molecular flexibility index (Phi) is 7.29. The largest absolute Gasteiger partial charge is 0.309 e. The van der Waals surface area contributed by atoms with E-state index in [1.54, 1.807) is 12.1 Å². The van der Waals surface area contributed by atoms with Crippen LogP contribution in [0.1, 0.15) is 38.3 Å². The zero-order valence-electron chi connectivity index (χ0n) is 10.7. The Balaban J connectivity index is 2.60. The van der Waals surface area contributed by atoms with Gasteiger partial charge in [0, 0.05) is 11.8 Å². The van der Waals surface area contributed by atoms with Crippen LogP contribution >= 0.6 is 11.8 Å². The van der Waals surface area contributed by atoms with Crippen LogP contribution in [-0.2, 0) is 0 Å². The van der Waals surface area contributed by atoms with Gasteiger partial charge in [-0.3, -0.25) is 0 Å². The summed E-state index contributed by atoms with van der Waals surface area (Å²) in [5, 5.41) is 3.48. The first-order valence-electron chi connectivity index (χ1n) is 6.34. The van der Waals surface area contributed by atoms with Gasteiger partial charge in [-0.25, -0.2) is 4.39 Å². The van der Waals surface area contributed by atoms with E-state index < -0.39 is 0 Å². The zero-order valence-corrected chi connectivity index (χ0v) is 11.5. The van der Waals surface area contributed by atoms with Crippen molar-refractivity contribution in [3.05, 3.63) is 35.6 Å². The molecule has 0 bridgehead atoms. The van der Waals surface area contributed by atoms with Crippen LogP contribution in [0.15, 0.2) is 24.3 Å². The molecule has 17 heavy (non-hydrogen) atoms. The number of hydrogen-bond acceptors (Lipinski definition) is 2. The van der Waals surface area contributed by atoms with Crippen molar-refractivity contribution in [2.75, 3.05) is 18.1 Å². The van der Waals surface area contributed by atoms with Crippen molar-refractivity contribution in [1.29, 1.82) is 0 Å². The summed E-state index contributed by atoms with van der Waals surface area (Å²) < 4.78 is 13.2. The molecule has 1 unspecified atom stereocenters. The second kappa shape index (κ2) is 8.54. The minimum absolute atomic E-state index is 0.147. The maximum atomic E-state index is 13.2. The molecule has 1 aromatic carbocycles. The normalized spacial score (nSPS) is 12.6.